The second-order valence-corrected chi connectivity index (χ2v) is 5.80. The van der Waals surface area contributed by atoms with Crippen LogP contribution < -0.4 is 14.9 Å². The summed E-state index contributed by atoms with van der Waals surface area (Å²) in [5.74, 6) is 0.849. The maximum atomic E-state index is 11.7. The Balaban J connectivity index is 1.67. The third kappa shape index (κ3) is 6.60. The zero-order valence-corrected chi connectivity index (χ0v) is 15.0. The highest BCUT2D eigenvalue weighted by Crippen LogP contribution is 2.27. The number of nitrogens with one attached hydrogen (secondary N) is 1. The molecule has 0 aliphatic rings. The number of methoxy groups -OCH3 is 1. The van der Waals surface area contributed by atoms with Crippen molar-refractivity contribution in [3.05, 3.63) is 52.1 Å². The second-order valence-electron chi connectivity index (χ2n) is 4.95. The molecule has 0 radical (unpaired) electrons. The first-order valence-electron chi connectivity index (χ1n) is 7.48. The van der Waals surface area contributed by atoms with Crippen LogP contribution in [0.15, 0.2) is 41.6 Å². The van der Waals surface area contributed by atoms with Crippen molar-refractivity contribution in [2.75, 3.05) is 13.7 Å². The summed E-state index contributed by atoms with van der Waals surface area (Å²) in [7, 11) is 1.54. The molecule has 2 aromatic rings. The van der Waals surface area contributed by atoms with Crippen LogP contribution in [-0.2, 0) is 4.79 Å². The molecule has 0 bridgehead atoms. The first-order valence-corrected chi connectivity index (χ1v) is 8.24. The number of hydrogen-bond acceptors (Lipinski definition) is 5. The van der Waals surface area contributed by atoms with Gasteiger partial charge in [-0.05, 0) is 30.7 Å². The third-order valence-corrected chi connectivity index (χ3v) is 3.60. The Morgan fingerprint density at radius 1 is 1.32 bits per heavy atom. The van der Waals surface area contributed by atoms with Crippen LogP contribution in [0.1, 0.15) is 18.4 Å². The van der Waals surface area contributed by atoms with Crippen molar-refractivity contribution in [3.63, 3.8) is 0 Å². The molecule has 132 valence electrons. The van der Waals surface area contributed by atoms with Crippen molar-refractivity contribution in [1.29, 1.82) is 0 Å². The number of halogens is 2. The number of nitrogens with zero attached hydrogens (tertiary/aromatic N) is 2. The van der Waals surface area contributed by atoms with Gasteiger partial charge in [-0.15, -0.1) is 0 Å². The summed E-state index contributed by atoms with van der Waals surface area (Å²) in [6.45, 7) is 0.362. The van der Waals surface area contributed by atoms with E-state index in [-0.39, 0.29) is 12.3 Å². The molecule has 0 fully saturated rings. The van der Waals surface area contributed by atoms with Crippen LogP contribution in [-0.4, -0.2) is 30.8 Å². The second kappa shape index (κ2) is 9.86. The number of ether oxygens (including phenoxy) is 2. The number of amides is 1. The van der Waals surface area contributed by atoms with Gasteiger partial charge in [0.25, 0.3) is 0 Å². The summed E-state index contributed by atoms with van der Waals surface area (Å²) in [6.07, 6.45) is 3.92. The fourth-order valence-electron chi connectivity index (χ4n) is 1.83. The Kier molecular flexibility index (Phi) is 7.50. The number of carbonyl (C=O) groups is 1. The van der Waals surface area contributed by atoms with Crippen LogP contribution in [0, 0.1) is 0 Å². The molecule has 0 spiro atoms. The first-order chi connectivity index (χ1) is 12.1. The van der Waals surface area contributed by atoms with Crippen LogP contribution in [0.25, 0.3) is 0 Å². The molecule has 0 unspecified atom stereocenters. The summed E-state index contributed by atoms with van der Waals surface area (Å²) in [5, 5.41) is 4.86. The van der Waals surface area contributed by atoms with Crippen molar-refractivity contribution < 1.29 is 14.3 Å². The smallest absolute Gasteiger partial charge is 0.240 e. The van der Waals surface area contributed by atoms with E-state index < -0.39 is 0 Å². The lowest BCUT2D eigenvalue weighted by Gasteiger charge is -2.07. The molecule has 0 aliphatic heterocycles. The molecule has 0 saturated heterocycles. The monoisotopic (exact) mass is 381 g/mol. The molecular weight excluding hydrogens is 365 g/mol. The van der Waals surface area contributed by atoms with E-state index in [1.54, 1.807) is 43.6 Å². The van der Waals surface area contributed by atoms with Crippen LogP contribution in [0.2, 0.25) is 10.0 Å². The van der Waals surface area contributed by atoms with Gasteiger partial charge in [-0.2, -0.15) is 5.10 Å². The average Bonchev–Trinajstić information content (AvgIpc) is 2.61. The predicted octanol–water partition coefficient (Wildman–Crippen LogP) is 3.71. The molecule has 1 aromatic carbocycles. The van der Waals surface area contributed by atoms with E-state index in [2.05, 4.69) is 15.5 Å². The van der Waals surface area contributed by atoms with Gasteiger partial charge >= 0.3 is 0 Å². The Labute approximate surface area is 155 Å². The van der Waals surface area contributed by atoms with Gasteiger partial charge in [0.1, 0.15) is 5.75 Å². The van der Waals surface area contributed by atoms with Gasteiger partial charge in [0, 0.05) is 29.3 Å². The molecule has 0 atom stereocenters. The lowest BCUT2D eigenvalue weighted by Crippen LogP contribution is -2.18. The van der Waals surface area contributed by atoms with E-state index in [0.717, 1.165) is 5.56 Å². The van der Waals surface area contributed by atoms with E-state index in [9.17, 15) is 4.79 Å². The minimum atomic E-state index is -0.205. The van der Waals surface area contributed by atoms with Gasteiger partial charge in [-0.1, -0.05) is 23.2 Å². The first kappa shape index (κ1) is 19.0. The van der Waals surface area contributed by atoms with Gasteiger partial charge in [-0.25, -0.2) is 10.4 Å². The Hall–Kier alpha value is -2.31. The van der Waals surface area contributed by atoms with Crippen molar-refractivity contribution in [1.82, 2.24) is 10.4 Å². The molecule has 25 heavy (non-hydrogen) atoms. The van der Waals surface area contributed by atoms with E-state index in [1.807, 2.05) is 0 Å². The minimum absolute atomic E-state index is 0.205. The van der Waals surface area contributed by atoms with E-state index in [1.165, 1.54) is 6.21 Å². The van der Waals surface area contributed by atoms with Gasteiger partial charge in [0.05, 0.1) is 25.0 Å². The van der Waals surface area contributed by atoms with E-state index >= 15 is 0 Å². The Bertz CT molecular complexity index is 736. The van der Waals surface area contributed by atoms with Crippen molar-refractivity contribution in [2.24, 2.45) is 5.10 Å². The molecule has 0 aliphatic carbocycles. The Morgan fingerprint density at radius 2 is 2.16 bits per heavy atom. The van der Waals surface area contributed by atoms with Crippen molar-refractivity contribution in [2.45, 2.75) is 12.8 Å². The highest BCUT2D eigenvalue weighted by atomic mass is 35.5. The molecule has 1 heterocycles. The van der Waals surface area contributed by atoms with Crippen molar-refractivity contribution in [3.8, 4) is 11.6 Å². The molecule has 1 aromatic heterocycles. The molecule has 1 N–H and O–H groups in total. The largest absolute Gasteiger partial charge is 0.492 e. The number of aromatic nitrogens is 1. The molecule has 2 rings (SSSR count). The summed E-state index contributed by atoms with van der Waals surface area (Å²) in [4.78, 5) is 15.7. The molecule has 0 saturated carbocycles. The van der Waals surface area contributed by atoms with Gasteiger partial charge < -0.3 is 9.47 Å². The normalized spacial score (nSPS) is 10.7. The lowest BCUT2D eigenvalue weighted by molar-refractivity contribution is -0.121. The van der Waals surface area contributed by atoms with Crippen LogP contribution in [0.4, 0.5) is 0 Å². The number of benzene rings is 1. The maximum Gasteiger partial charge on any atom is 0.240 e. The van der Waals surface area contributed by atoms with Crippen molar-refractivity contribution >= 4 is 35.3 Å². The zero-order valence-electron chi connectivity index (χ0n) is 13.5. The number of pyridine rings is 1. The molecule has 1 amide bonds. The molecule has 6 nitrogen and oxygen atoms in total. The number of rotatable bonds is 8. The van der Waals surface area contributed by atoms with Gasteiger partial charge in [0.2, 0.25) is 11.8 Å². The fourth-order valence-corrected chi connectivity index (χ4v) is 2.29. The Morgan fingerprint density at radius 3 is 2.84 bits per heavy atom. The topological polar surface area (TPSA) is 72.8 Å². The van der Waals surface area contributed by atoms with E-state index in [4.69, 9.17) is 32.7 Å². The average molecular weight is 382 g/mol. The molecule has 8 heteroatoms. The fraction of sp³-hybridized carbons (Fsp3) is 0.235. The zero-order chi connectivity index (χ0) is 18.1. The SMILES string of the molecule is COc1ccc(/C=N/NC(=O)CCCOc2ccc(Cl)cc2Cl)cn1. The van der Waals surface area contributed by atoms with Crippen LogP contribution in [0.5, 0.6) is 11.6 Å². The molecular formula is C17H17Cl2N3O3. The quantitative estimate of drug-likeness (QED) is 0.429. The standard InChI is InChI=1S/C17H17Cl2N3O3/c1-24-17-7-4-12(10-20-17)11-21-22-16(23)3-2-8-25-15-6-5-13(18)9-14(15)19/h4-7,9-11H,2-3,8H2,1H3,(H,22,23)/b21-11+. The van der Waals surface area contributed by atoms with Gasteiger partial charge in [-0.3, -0.25) is 4.79 Å². The summed E-state index contributed by atoms with van der Waals surface area (Å²) >= 11 is 11.8. The highest BCUT2D eigenvalue weighted by Gasteiger charge is 2.04. The maximum absolute atomic E-state index is 11.7. The summed E-state index contributed by atoms with van der Waals surface area (Å²) in [5.41, 5.74) is 3.20. The number of hydrogen-bond donors (Lipinski definition) is 1. The minimum Gasteiger partial charge on any atom is -0.492 e. The van der Waals surface area contributed by atoms with E-state index in [0.29, 0.717) is 34.7 Å². The van der Waals surface area contributed by atoms with Crippen LogP contribution in [0.3, 0.4) is 0 Å². The summed E-state index contributed by atoms with van der Waals surface area (Å²) < 4.78 is 10.5. The van der Waals surface area contributed by atoms with Crippen LogP contribution >= 0.6 is 23.2 Å². The number of hydrazone groups is 1. The lowest BCUT2D eigenvalue weighted by atomic mass is 10.3. The third-order valence-electron chi connectivity index (χ3n) is 3.07. The number of carbonyl (C=O) groups excluding carboxylic acids is 1. The predicted molar refractivity (Wildman–Crippen MR) is 97.7 cm³/mol. The highest BCUT2D eigenvalue weighted by molar-refractivity contribution is 6.35. The van der Waals surface area contributed by atoms with Gasteiger partial charge in [0.15, 0.2) is 0 Å². The summed E-state index contributed by atoms with van der Waals surface area (Å²) in [6, 6.07) is 8.48.